The summed E-state index contributed by atoms with van der Waals surface area (Å²) in [5.74, 6) is 2.64. The molecule has 0 amide bonds. The second-order valence-electron chi connectivity index (χ2n) is 10.0. The summed E-state index contributed by atoms with van der Waals surface area (Å²) >= 11 is 0. The molecule has 0 atom stereocenters. The molecule has 2 aromatic heterocycles. The summed E-state index contributed by atoms with van der Waals surface area (Å²) in [4.78, 5) is 25.8. The summed E-state index contributed by atoms with van der Waals surface area (Å²) in [5.41, 5.74) is 8.64. The van der Waals surface area contributed by atoms with Crippen LogP contribution in [0.15, 0.2) is 36.5 Å². The van der Waals surface area contributed by atoms with Crippen LogP contribution in [0.5, 0.6) is 0 Å². The molecular formula is C30H39N5O2. The van der Waals surface area contributed by atoms with E-state index in [0.29, 0.717) is 5.92 Å². The number of anilines is 2. The summed E-state index contributed by atoms with van der Waals surface area (Å²) in [6.07, 6.45) is 5.90. The van der Waals surface area contributed by atoms with Gasteiger partial charge in [-0.2, -0.15) is 9.59 Å². The minimum atomic E-state index is 0.250. The standard InChI is InChI=1S/C29H39N5.CO2/c1-7-8-9-26-19-30-27(18-21(26)4)33-14-16-34(17-15-33)29-23(6)22(5)28(31-32-29)25-12-10-24(11-13-25)20(2)3;2-1-3/h10-13,18-20H,7-9,14-17H2,1-6H3;. The van der Waals surface area contributed by atoms with Crippen molar-refractivity contribution in [3.63, 3.8) is 0 Å². The summed E-state index contributed by atoms with van der Waals surface area (Å²) < 4.78 is 0. The first-order valence-electron chi connectivity index (χ1n) is 13.2. The van der Waals surface area contributed by atoms with E-state index in [4.69, 9.17) is 19.7 Å². The van der Waals surface area contributed by atoms with Gasteiger partial charge in [-0.1, -0.05) is 51.5 Å². The molecule has 0 bridgehead atoms. The van der Waals surface area contributed by atoms with Crippen LogP contribution >= 0.6 is 0 Å². The number of benzene rings is 1. The molecule has 0 spiro atoms. The zero-order valence-electron chi connectivity index (χ0n) is 23.0. The van der Waals surface area contributed by atoms with E-state index in [2.05, 4.69) is 93.0 Å². The number of rotatable bonds is 7. The normalized spacial score (nSPS) is 13.3. The first kappa shape index (κ1) is 28.0. The van der Waals surface area contributed by atoms with E-state index in [1.165, 1.54) is 40.7 Å². The van der Waals surface area contributed by atoms with Crippen LogP contribution in [0.2, 0.25) is 0 Å². The molecule has 0 aliphatic carbocycles. The Morgan fingerprint density at radius 1 is 0.919 bits per heavy atom. The molecule has 1 aromatic carbocycles. The SMILES string of the molecule is CCCCc1cnc(N2CCN(c3nnc(-c4ccc(C(C)C)cc4)c(C)c3C)CC2)cc1C.O=C=O. The van der Waals surface area contributed by atoms with Crippen molar-refractivity contribution in [3.8, 4) is 11.3 Å². The van der Waals surface area contributed by atoms with Gasteiger partial charge in [0.15, 0.2) is 5.82 Å². The van der Waals surface area contributed by atoms with Gasteiger partial charge < -0.3 is 9.80 Å². The predicted octanol–water partition coefficient (Wildman–Crippen LogP) is 5.67. The van der Waals surface area contributed by atoms with Crippen LogP contribution in [0, 0.1) is 20.8 Å². The van der Waals surface area contributed by atoms with Crippen LogP contribution in [-0.4, -0.2) is 47.5 Å². The summed E-state index contributed by atoms with van der Waals surface area (Å²) in [6, 6.07) is 11.0. The number of pyridine rings is 1. The van der Waals surface area contributed by atoms with Crippen LogP contribution < -0.4 is 9.80 Å². The van der Waals surface area contributed by atoms with Crippen molar-refractivity contribution in [2.75, 3.05) is 36.0 Å². The molecule has 196 valence electrons. The van der Waals surface area contributed by atoms with Crippen LogP contribution in [0.3, 0.4) is 0 Å². The fraction of sp³-hybridized carbons (Fsp3) is 0.467. The van der Waals surface area contributed by atoms with Gasteiger partial charge in [-0.25, -0.2) is 4.98 Å². The van der Waals surface area contributed by atoms with Gasteiger partial charge in [0.2, 0.25) is 0 Å². The molecule has 1 aliphatic heterocycles. The zero-order valence-corrected chi connectivity index (χ0v) is 23.0. The van der Waals surface area contributed by atoms with Gasteiger partial charge in [-0.3, -0.25) is 0 Å². The van der Waals surface area contributed by atoms with Crippen LogP contribution in [0.4, 0.5) is 11.6 Å². The zero-order chi connectivity index (χ0) is 26.9. The first-order chi connectivity index (χ1) is 17.8. The van der Waals surface area contributed by atoms with Crippen molar-refractivity contribution < 1.29 is 9.59 Å². The lowest BCUT2D eigenvalue weighted by Crippen LogP contribution is -2.47. The molecular weight excluding hydrogens is 462 g/mol. The van der Waals surface area contributed by atoms with E-state index in [1.54, 1.807) is 0 Å². The molecule has 1 fully saturated rings. The van der Waals surface area contributed by atoms with Crippen molar-refractivity contribution in [3.05, 3.63) is 64.3 Å². The Morgan fingerprint density at radius 2 is 1.54 bits per heavy atom. The average Bonchev–Trinajstić information content (AvgIpc) is 2.90. The number of unbranched alkanes of at least 4 members (excludes halogenated alkanes) is 1. The highest BCUT2D eigenvalue weighted by Crippen LogP contribution is 2.30. The number of aryl methyl sites for hydroxylation is 2. The molecule has 4 rings (SSSR count). The van der Waals surface area contributed by atoms with Crippen molar-refractivity contribution in [2.24, 2.45) is 0 Å². The summed E-state index contributed by atoms with van der Waals surface area (Å²) in [7, 11) is 0. The Morgan fingerprint density at radius 3 is 2.11 bits per heavy atom. The number of aromatic nitrogens is 3. The van der Waals surface area contributed by atoms with E-state index in [-0.39, 0.29) is 6.15 Å². The largest absolute Gasteiger partial charge is 0.373 e. The molecule has 7 nitrogen and oxygen atoms in total. The molecule has 3 aromatic rings. The molecule has 0 saturated carbocycles. The molecule has 37 heavy (non-hydrogen) atoms. The Bertz CT molecular complexity index is 1210. The lowest BCUT2D eigenvalue weighted by molar-refractivity contribution is -0.191. The van der Waals surface area contributed by atoms with E-state index < -0.39 is 0 Å². The Kier molecular flexibility index (Phi) is 9.93. The third-order valence-corrected chi connectivity index (χ3v) is 7.26. The Labute approximate surface area is 220 Å². The lowest BCUT2D eigenvalue weighted by Gasteiger charge is -2.36. The van der Waals surface area contributed by atoms with Gasteiger partial charge in [0, 0.05) is 37.9 Å². The maximum atomic E-state index is 8.12. The monoisotopic (exact) mass is 501 g/mol. The number of hydrogen-bond acceptors (Lipinski definition) is 7. The highest BCUT2D eigenvalue weighted by Gasteiger charge is 2.23. The van der Waals surface area contributed by atoms with E-state index in [1.807, 2.05) is 0 Å². The van der Waals surface area contributed by atoms with Crippen LogP contribution in [-0.2, 0) is 16.0 Å². The summed E-state index contributed by atoms with van der Waals surface area (Å²) in [6.45, 7) is 17.0. The predicted molar refractivity (Wildman–Crippen MR) is 148 cm³/mol. The second kappa shape index (κ2) is 13.1. The van der Waals surface area contributed by atoms with Gasteiger partial charge in [0.05, 0.1) is 5.69 Å². The minimum absolute atomic E-state index is 0.250. The molecule has 3 heterocycles. The van der Waals surface area contributed by atoms with Gasteiger partial charge in [0.25, 0.3) is 0 Å². The Balaban J connectivity index is 0.00000121. The highest BCUT2D eigenvalue weighted by atomic mass is 16.2. The van der Waals surface area contributed by atoms with Crippen molar-refractivity contribution >= 4 is 17.8 Å². The fourth-order valence-electron chi connectivity index (χ4n) is 4.71. The topological polar surface area (TPSA) is 79.3 Å². The van der Waals surface area contributed by atoms with Gasteiger partial charge >= 0.3 is 6.15 Å². The highest BCUT2D eigenvalue weighted by molar-refractivity contribution is 5.67. The first-order valence-corrected chi connectivity index (χ1v) is 13.2. The Hall–Kier alpha value is -3.57. The van der Waals surface area contributed by atoms with E-state index in [9.17, 15) is 0 Å². The van der Waals surface area contributed by atoms with Gasteiger partial charge in [-0.05, 0) is 73.4 Å². The minimum Gasteiger partial charge on any atom is -0.353 e. The third kappa shape index (κ3) is 6.80. The number of carbonyl (C=O) groups excluding carboxylic acids is 2. The van der Waals surface area contributed by atoms with E-state index >= 15 is 0 Å². The molecule has 7 heteroatoms. The number of nitrogens with zero attached hydrogens (tertiary/aromatic N) is 5. The number of hydrogen-bond donors (Lipinski definition) is 0. The van der Waals surface area contributed by atoms with Gasteiger partial charge in [-0.15, -0.1) is 10.2 Å². The third-order valence-electron chi connectivity index (χ3n) is 7.26. The van der Waals surface area contributed by atoms with Crippen molar-refractivity contribution in [2.45, 2.75) is 66.7 Å². The fourth-order valence-corrected chi connectivity index (χ4v) is 4.71. The van der Waals surface area contributed by atoms with Crippen LogP contribution in [0.1, 0.15) is 67.3 Å². The molecule has 1 aliphatic rings. The average molecular weight is 502 g/mol. The molecule has 0 unspecified atom stereocenters. The maximum absolute atomic E-state index is 8.12. The van der Waals surface area contributed by atoms with Crippen LogP contribution in [0.25, 0.3) is 11.3 Å². The lowest BCUT2D eigenvalue weighted by atomic mass is 9.98. The second-order valence-corrected chi connectivity index (χ2v) is 10.0. The molecule has 1 saturated heterocycles. The molecule has 0 radical (unpaired) electrons. The van der Waals surface area contributed by atoms with Crippen molar-refractivity contribution in [1.29, 1.82) is 0 Å². The summed E-state index contributed by atoms with van der Waals surface area (Å²) in [5, 5.41) is 9.35. The maximum Gasteiger partial charge on any atom is 0.373 e. The molecule has 0 N–H and O–H groups in total. The number of piperazine rings is 1. The van der Waals surface area contributed by atoms with E-state index in [0.717, 1.165) is 55.5 Å². The smallest absolute Gasteiger partial charge is 0.353 e. The van der Waals surface area contributed by atoms with Gasteiger partial charge in [0.1, 0.15) is 5.82 Å². The quantitative estimate of drug-likeness (QED) is 0.412. The van der Waals surface area contributed by atoms with Crippen molar-refractivity contribution in [1.82, 2.24) is 15.2 Å².